The Balaban J connectivity index is 1.53. The molecule has 0 bridgehead atoms. The van der Waals surface area contributed by atoms with Crippen molar-refractivity contribution in [1.82, 2.24) is 9.99 Å². The second-order valence-corrected chi connectivity index (χ2v) is 10.8. The third-order valence-electron chi connectivity index (χ3n) is 6.24. The Morgan fingerprint density at radius 3 is 2.42 bits per heavy atom. The second kappa shape index (κ2) is 10.8. The van der Waals surface area contributed by atoms with Crippen LogP contribution in [0.25, 0.3) is 0 Å². The average molecular weight is 505 g/mol. The lowest BCUT2D eigenvalue weighted by molar-refractivity contribution is -0.113. The summed E-state index contributed by atoms with van der Waals surface area (Å²) in [6.07, 6.45) is 6.68. The maximum absolute atomic E-state index is 12.4. The summed E-state index contributed by atoms with van der Waals surface area (Å²) in [5, 5.41) is 9.47. The van der Waals surface area contributed by atoms with Crippen LogP contribution >= 0.6 is 0 Å². The highest BCUT2D eigenvalue weighted by Crippen LogP contribution is 2.28. The van der Waals surface area contributed by atoms with Crippen LogP contribution in [0.5, 0.6) is 0 Å². The van der Waals surface area contributed by atoms with Crippen molar-refractivity contribution in [1.29, 1.82) is 0 Å². The molecule has 1 amide bonds. The summed E-state index contributed by atoms with van der Waals surface area (Å²) >= 11 is 0. The van der Waals surface area contributed by atoms with Crippen molar-refractivity contribution in [2.24, 2.45) is 11.0 Å². The number of carbonyl (C=O) groups is 2. The first-order chi connectivity index (χ1) is 17.3. The lowest BCUT2D eigenvalue weighted by Gasteiger charge is -2.35. The highest BCUT2D eigenvalue weighted by molar-refractivity contribution is 7.90. The van der Waals surface area contributed by atoms with Crippen LogP contribution in [0.2, 0.25) is 0 Å². The van der Waals surface area contributed by atoms with E-state index in [0.29, 0.717) is 24.2 Å². The smallest absolute Gasteiger partial charge is 0.257 e. The Bertz CT molecular complexity index is 1360. The summed E-state index contributed by atoms with van der Waals surface area (Å²) in [7, 11) is -3.29. The predicted molar refractivity (Wildman–Crippen MR) is 139 cm³/mol. The van der Waals surface area contributed by atoms with E-state index in [-0.39, 0.29) is 22.8 Å². The zero-order chi connectivity index (χ0) is 25.7. The molecule has 0 saturated heterocycles. The van der Waals surface area contributed by atoms with Crippen LogP contribution in [0.15, 0.2) is 83.1 Å². The molecule has 1 aliphatic heterocycles. The summed E-state index contributed by atoms with van der Waals surface area (Å²) in [6, 6.07) is 17.2. The molecule has 9 heteroatoms. The van der Waals surface area contributed by atoms with Gasteiger partial charge < -0.3 is 10.1 Å². The van der Waals surface area contributed by atoms with E-state index in [1.165, 1.54) is 12.5 Å². The van der Waals surface area contributed by atoms with E-state index in [0.717, 1.165) is 29.5 Å². The van der Waals surface area contributed by atoms with Gasteiger partial charge in [0.1, 0.15) is 12.3 Å². The molecular formula is C27H28N4O4S. The Kier molecular flexibility index (Phi) is 7.59. The first-order valence-electron chi connectivity index (χ1n) is 11.7. The Labute approximate surface area is 211 Å². The molecule has 0 fully saturated rings. The first kappa shape index (κ1) is 25.2. The molecule has 0 aliphatic carbocycles. The fourth-order valence-corrected chi connectivity index (χ4v) is 4.84. The van der Waals surface area contributed by atoms with E-state index in [9.17, 15) is 18.0 Å². The summed E-state index contributed by atoms with van der Waals surface area (Å²) < 4.78 is 23.7. The first-order valence-corrected chi connectivity index (χ1v) is 13.6. The van der Waals surface area contributed by atoms with Gasteiger partial charge in [0.05, 0.1) is 22.7 Å². The largest absolute Gasteiger partial charge is 0.322 e. The number of amides is 1. The van der Waals surface area contributed by atoms with E-state index < -0.39 is 9.84 Å². The number of hydrogen-bond acceptors (Lipinski definition) is 7. The number of benzene rings is 2. The van der Waals surface area contributed by atoms with Crippen LogP contribution in [-0.2, 0) is 21.2 Å². The van der Waals surface area contributed by atoms with Gasteiger partial charge in [-0.2, -0.15) is 5.10 Å². The SMILES string of the molecule is CCC1CC(C=O)N(Cc2ccc(NC(=O)c3cccnc3)cc2)N=C1c1ccc(S(C)(=O)=O)cc1. The average Bonchev–Trinajstić information content (AvgIpc) is 2.89. The van der Waals surface area contributed by atoms with Gasteiger partial charge in [0.15, 0.2) is 9.84 Å². The van der Waals surface area contributed by atoms with E-state index in [2.05, 4.69) is 17.2 Å². The fourth-order valence-electron chi connectivity index (χ4n) is 4.20. The van der Waals surface area contributed by atoms with E-state index in [4.69, 9.17) is 5.10 Å². The van der Waals surface area contributed by atoms with Gasteiger partial charge in [-0.3, -0.25) is 14.8 Å². The molecule has 0 radical (unpaired) electrons. The van der Waals surface area contributed by atoms with Crippen molar-refractivity contribution >= 4 is 33.4 Å². The number of carbonyl (C=O) groups excluding carboxylic acids is 2. The molecule has 1 aliphatic rings. The molecule has 8 nitrogen and oxygen atoms in total. The number of anilines is 1. The van der Waals surface area contributed by atoms with Crippen molar-refractivity contribution in [3.05, 3.63) is 89.7 Å². The van der Waals surface area contributed by atoms with Gasteiger partial charge in [-0.05, 0) is 60.4 Å². The Morgan fingerprint density at radius 2 is 1.83 bits per heavy atom. The molecule has 2 unspecified atom stereocenters. The van der Waals surface area contributed by atoms with Crippen LogP contribution < -0.4 is 5.32 Å². The van der Waals surface area contributed by atoms with Crippen molar-refractivity contribution in [2.45, 2.75) is 37.2 Å². The van der Waals surface area contributed by atoms with Crippen molar-refractivity contribution in [3.63, 3.8) is 0 Å². The number of pyridine rings is 1. The number of aromatic nitrogens is 1. The van der Waals surface area contributed by atoms with Crippen molar-refractivity contribution in [3.8, 4) is 0 Å². The number of rotatable bonds is 8. The minimum absolute atomic E-state index is 0.0885. The number of nitrogens with zero attached hydrogens (tertiary/aromatic N) is 3. The van der Waals surface area contributed by atoms with Gasteiger partial charge >= 0.3 is 0 Å². The third-order valence-corrected chi connectivity index (χ3v) is 7.37. The number of hydrogen-bond donors (Lipinski definition) is 1. The van der Waals surface area contributed by atoms with Gasteiger partial charge in [-0.1, -0.05) is 31.2 Å². The molecule has 186 valence electrons. The van der Waals surface area contributed by atoms with Crippen molar-refractivity contribution in [2.75, 3.05) is 11.6 Å². The fraction of sp³-hybridized carbons (Fsp3) is 0.259. The van der Waals surface area contributed by atoms with E-state index in [1.807, 2.05) is 24.3 Å². The number of aldehydes is 1. The maximum Gasteiger partial charge on any atom is 0.257 e. The van der Waals surface area contributed by atoms with Crippen LogP contribution in [-0.4, -0.2) is 48.6 Å². The van der Waals surface area contributed by atoms with Gasteiger partial charge in [-0.15, -0.1) is 0 Å². The molecule has 1 N–H and O–H groups in total. The second-order valence-electron chi connectivity index (χ2n) is 8.82. The molecule has 4 rings (SSSR count). The molecule has 2 aromatic carbocycles. The minimum atomic E-state index is -3.29. The zero-order valence-corrected chi connectivity index (χ0v) is 21.0. The van der Waals surface area contributed by atoms with Gasteiger partial charge in [0, 0.05) is 30.3 Å². The lowest BCUT2D eigenvalue weighted by atomic mass is 9.87. The maximum atomic E-state index is 12.4. The van der Waals surface area contributed by atoms with Crippen LogP contribution in [0, 0.1) is 5.92 Å². The lowest BCUT2D eigenvalue weighted by Crippen LogP contribution is -2.41. The Hall–Kier alpha value is -3.85. The highest BCUT2D eigenvalue weighted by atomic mass is 32.2. The predicted octanol–water partition coefficient (Wildman–Crippen LogP) is 3.94. The quantitative estimate of drug-likeness (QED) is 0.466. The molecule has 2 atom stereocenters. The molecule has 2 heterocycles. The van der Waals surface area contributed by atoms with Gasteiger partial charge in [0.2, 0.25) is 0 Å². The van der Waals surface area contributed by atoms with Crippen LogP contribution in [0.1, 0.15) is 41.3 Å². The summed E-state index contributed by atoms with van der Waals surface area (Å²) in [4.78, 5) is 28.5. The number of hydrazone groups is 1. The molecule has 1 aromatic heterocycles. The molecular weight excluding hydrogens is 476 g/mol. The standard InChI is InChI=1S/C27H28N4O4S/c1-3-20-15-24(18-32)31(30-26(20)21-8-12-25(13-9-21)36(2,34)35)17-19-6-10-23(11-7-19)29-27(33)22-5-4-14-28-16-22/h4-14,16,18,20,24H,3,15,17H2,1-2H3,(H,29,33). The summed E-state index contributed by atoms with van der Waals surface area (Å²) in [6.45, 7) is 2.47. The van der Waals surface area contributed by atoms with Gasteiger partial charge in [-0.25, -0.2) is 8.42 Å². The van der Waals surface area contributed by atoms with E-state index >= 15 is 0 Å². The van der Waals surface area contributed by atoms with E-state index in [1.54, 1.807) is 47.6 Å². The zero-order valence-electron chi connectivity index (χ0n) is 20.2. The molecule has 3 aromatic rings. The number of sulfone groups is 1. The van der Waals surface area contributed by atoms with Gasteiger partial charge in [0.25, 0.3) is 5.91 Å². The topological polar surface area (TPSA) is 109 Å². The van der Waals surface area contributed by atoms with Crippen LogP contribution in [0.3, 0.4) is 0 Å². The van der Waals surface area contributed by atoms with Crippen molar-refractivity contribution < 1.29 is 18.0 Å². The van der Waals surface area contributed by atoms with Crippen LogP contribution in [0.4, 0.5) is 5.69 Å². The molecule has 36 heavy (non-hydrogen) atoms. The normalized spacial score (nSPS) is 17.8. The minimum Gasteiger partial charge on any atom is -0.322 e. The monoisotopic (exact) mass is 504 g/mol. The Morgan fingerprint density at radius 1 is 1.11 bits per heavy atom. The number of nitrogens with one attached hydrogen (secondary N) is 1. The molecule has 0 saturated carbocycles. The molecule has 0 spiro atoms. The summed E-state index contributed by atoms with van der Waals surface area (Å²) in [5.74, 6) is -0.153. The highest BCUT2D eigenvalue weighted by Gasteiger charge is 2.30. The summed E-state index contributed by atoms with van der Waals surface area (Å²) in [5.41, 5.74) is 3.75. The third kappa shape index (κ3) is 5.85.